The molecule has 3 rings (SSSR count). The van der Waals surface area contributed by atoms with E-state index >= 15 is 0 Å². The number of hydrogen-bond donors (Lipinski definition) is 1. The molecule has 0 amide bonds. The van der Waals surface area contributed by atoms with Gasteiger partial charge < -0.3 is 4.18 Å². The van der Waals surface area contributed by atoms with Crippen LogP contribution in [-0.2, 0) is 23.0 Å². The first-order valence-corrected chi connectivity index (χ1v) is 8.07. The second-order valence-electron chi connectivity index (χ2n) is 5.23. The lowest BCUT2D eigenvalue weighted by Crippen LogP contribution is -2.32. The predicted molar refractivity (Wildman–Crippen MR) is 78.0 cm³/mol. The van der Waals surface area contributed by atoms with Crippen LogP contribution in [0.25, 0.3) is 11.1 Å². The summed E-state index contributed by atoms with van der Waals surface area (Å²) in [6, 6.07) is 7.97. The number of benzene rings is 2. The Morgan fingerprint density at radius 1 is 1.13 bits per heavy atom. The molecule has 23 heavy (non-hydrogen) atoms. The number of hydrogen-bond acceptors (Lipinski definition) is 3. The van der Waals surface area contributed by atoms with Crippen molar-refractivity contribution in [2.75, 3.05) is 0 Å². The van der Waals surface area contributed by atoms with Crippen molar-refractivity contribution in [2.24, 2.45) is 0 Å². The summed E-state index contributed by atoms with van der Waals surface area (Å²) in [6.45, 7) is 1.89. The Kier molecular flexibility index (Phi) is 3.61. The lowest BCUT2D eigenvalue weighted by molar-refractivity contribution is -0.137. The van der Waals surface area contributed by atoms with E-state index < -0.39 is 22.0 Å². The van der Waals surface area contributed by atoms with Crippen molar-refractivity contribution >= 4 is 10.3 Å². The van der Waals surface area contributed by atoms with Crippen molar-refractivity contribution in [1.29, 1.82) is 0 Å². The molecule has 1 aliphatic rings. The first-order valence-electron chi connectivity index (χ1n) is 6.66. The second kappa shape index (κ2) is 5.24. The molecule has 0 fully saturated rings. The molecular weight excluding hydrogens is 331 g/mol. The third-order valence-corrected chi connectivity index (χ3v) is 4.35. The van der Waals surface area contributed by atoms with Gasteiger partial charge >= 0.3 is 16.5 Å². The molecule has 8 heteroatoms. The fourth-order valence-electron chi connectivity index (χ4n) is 2.44. The minimum Gasteiger partial charge on any atom is -0.370 e. The summed E-state index contributed by atoms with van der Waals surface area (Å²) in [5.41, 5.74) is 1.62. The Bertz CT molecular complexity index is 859. The Hall–Kier alpha value is -2.06. The van der Waals surface area contributed by atoms with E-state index in [2.05, 4.69) is 4.72 Å². The number of alkyl halides is 3. The fourth-order valence-corrected chi connectivity index (χ4v) is 3.24. The van der Waals surface area contributed by atoms with Crippen molar-refractivity contribution in [3.63, 3.8) is 0 Å². The van der Waals surface area contributed by atoms with Crippen molar-refractivity contribution < 1.29 is 25.8 Å². The average molecular weight is 343 g/mol. The lowest BCUT2D eigenvalue weighted by atomic mass is 9.97. The minimum absolute atomic E-state index is 0.0764. The SMILES string of the molecule is Cc1cc2c(c(-c3ccc(C(F)(F)F)cc3)c1)OS(=O)(=O)NC2. The van der Waals surface area contributed by atoms with Gasteiger partial charge in [0.15, 0.2) is 5.75 Å². The van der Waals surface area contributed by atoms with Gasteiger partial charge in [0, 0.05) is 17.7 Å². The monoisotopic (exact) mass is 343 g/mol. The van der Waals surface area contributed by atoms with E-state index in [0.717, 1.165) is 17.7 Å². The maximum absolute atomic E-state index is 12.6. The van der Waals surface area contributed by atoms with Crippen LogP contribution in [0, 0.1) is 6.92 Å². The average Bonchev–Trinajstić information content (AvgIpc) is 2.46. The van der Waals surface area contributed by atoms with Gasteiger partial charge in [-0.25, -0.2) is 0 Å². The molecule has 0 unspecified atom stereocenters. The molecule has 0 aliphatic carbocycles. The molecule has 0 aromatic heterocycles. The first-order chi connectivity index (χ1) is 10.7. The Balaban J connectivity index is 2.12. The molecule has 1 N–H and O–H groups in total. The van der Waals surface area contributed by atoms with Crippen LogP contribution in [0.2, 0.25) is 0 Å². The molecule has 0 saturated heterocycles. The summed E-state index contributed by atoms with van der Waals surface area (Å²) >= 11 is 0. The highest BCUT2D eigenvalue weighted by Crippen LogP contribution is 2.38. The van der Waals surface area contributed by atoms with Crippen LogP contribution in [-0.4, -0.2) is 8.42 Å². The van der Waals surface area contributed by atoms with E-state index in [-0.39, 0.29) is 12.3 Å². The van der Waals surface area contributed by atoms with Gasteiger partial charge in [-0.1, -0.05) is 18.2 Å². The quantitative estimate of drug-likeness (QED) is 0.863. The van der Waals surface area contributed by atoms with Gasteiger partial charge in [-0.3, -0.25) is 0 Å². The molecule has 4 nitrogen and oxygen atoms in total. The van der Waals surface area contributed by atoms with Crippen LogP contribution in [0.15, 0.2) is 36.4 Å². The van der Waals surface area contributed by atoms with Crippen LogP contribution in [0.5, 0.6) is 5.75 Å². The molecule has 1 heterocycles. The summed E-state index contributed by atoms with van der Waals surface area (Å²) in [4.78, 5) is 0. The third-order valence-electron chi connectivity index (χ3n) is 3.47. The van der Waals surface area contributed by atoms with Gasteiger partial charge in [0.2, 0.25) is 0 Å². The topological polar surface area (TPSA) is 55.4 Å². The zero-order chi connectivity index (χ0) is 16.8. The third kappa shape index (κ3) is 3.18. The highest BCUT2D eigenvalue weighted by atomic mass is 32.2. The summed E-state index contributed by atoms with van der Waals surface area (Å²) < 4.78 is 68.4. The Labute approximate surface area is 131 Å². The molecule has 0 atom stereocenters. The lowest BCUT2D eigenvalue weighted by Gasteiger charge is -2.21. The molecule has 1 aliphatic heterocycles. The van der Waals surface area contributed by atoms with Gasteiger partial charge in [-0.15, -0.1) is 0 Å². The standard InChI is InChI=1S/C15H12F3NO3S/c1-9-6-11-8-19-23(20,21)22-14(11)13(7-9)10-2-4-12(5-3-10)15(16,17)18/h2-7,19H,8H2,1H3. The van der Waals surface area contributed by atoms with Gasteiger partial charge in [-0.05, 0) is 36.2 Å². The van der Waals surface area contributed by atoms with Crippen molar-refractivity contribution in [2.45, 2.75) is 19.6 Å². The number of fused-ring (bicyclic) bond motifs is 1. The van der Waals surface area contributed by atoms with Crippen LogP contribution >= 0.6 is 0 Å². The number of halogens is 3. The van der Waals surface area contributed by atoms with Crippen LogP contribution in [0.3, 0.4) is 0 Å². The maximum atomic E-state index is 12.6. The van der Waals surface area contributed by atoms with Crippen molar-refractivity contribution in [1.82, 2.24) is 4.72 Å². The van der Waals surface area contributed by atoms with Crippen LogP contribution < -0.4 is 8.91 Å². The van der Waals surface area contributed by atoms with Crippen LogP contribution in [0.1, 0.15) is 16.7 Å². The predicted octanol–water partition coefficient (Wildman–Crippen LogP) is 3.41. The summed E-state index contributed by atoms with van der Waals surface area (Å²) in [5, 5.41) is 0. The normalized spacial score (nSPS) is 16.5. The highest BCUT2D eigenvalue weighted by Gasteiger charge is 2.30. The van der Waals surface area contributed by atoms with Crippen LogP contribution in [0.4, 0.5) is 13.2 Å². The van der Waals surface area contributed by atoms with Gasteiger partial charge in [0.05, 0.1) is 5.56 Å². The van der Waals surface area contributed by atoms with E-state index in [4.69, 9.17) is 4.18 Å². The van der Waals surface area contributed by atoms with Gasteiger partial charge in [0.25, 0.3) is 0 Å². The zero-order valence-electron chi connectivity index (χ0n) is 11.9. The number of nitrogens with one attached hydrogen (secondary N) is 1. The molecule has 122 valence electrons. The molecule has 0 saturated carbocycles. The Morgan fingerprint density at radius 2 is 1.78 bits per heavy atom. The maximum Gasteiger partial charge on any atom is 0.416 e. The summed E-state index contributed by atoms with van der Waals surface area (Å²) in [7, 11) is -3.90. The molecule has 2 aromatic rings. The smallest absolute Gasteiger partial charge is 0.370 e. The first kappa shape index (κ1) is 15.8. The molecule has 0 spiro atoms. The molecule has 0 bridgehead atoms. The Morgan fingerprint density at radius 3 is 2.39 bits per heavy atom. The second-order valence-corrected chi connectivity index (χ2v) is 6.60. The van der Waals surface area contributed by atoms with E-state index in [0.29, 0.717) is 16.7 Å². The molecule has 2 aromatic carbocycles. The zero-order valence-corrected chi connectivity index (χ0v) is 12.8. The highest BCUT2D eigenvalue weighted by molar-refractivity contribution is 7.85. The van der Waals surface area contributed by atoms with Crippen molar-refractivity contribution in [3.05, 3.63) is 53.1 Å². The fraction of sp³-hybridized carbons (Fsp3) is 0.200. The number of aryl methyl sites for hydroxylation is 1. The minimum atomic E-state index is -4.42. The molecular formula is C15H12F3NO3S. The molecule has 0 radical (unpaired) electrons. The van der Waals surface area contributed by atoms with Crippen molar-refractivity contribution in [3.8, 4) is 16.9 Å². The van der Waals surface area contributed by atoms with E-state index in [1.54, 1.807) is 12.1 Å². The van der Waals surface area contributed by atoms with E-state index in [9.17, 15) is 21.6 Å². The van der Waals surface area contributed by atoms with E-state index in [1.165, 1.54) is 12.1 Å². The number of rotatable bonds is 1. The summed E-state index contributed by atoms with van der Waals surface area (Å²) in [6.07, 6.45) is -4.42. The van der Waals surface area contributed by atoms with Gasteiger partial charge in [0.1, 0.15) is 0 Å². The summed E-state index contributed by atoms with van der Waals surface area (Å²) in [5.74, 6) is 0.147. The van der Waals surface area contributed by atoms with E-state index in [1.807, 2.05) is 6.92 Å². The van der Waals surface area contributed by atoms with Gasteiger partial charge in [-0.2, -0.15) is 26.3 Å². The largest absolute Gasteiger partial charge is 0.416 e.